The molecule has 2 aromatic carbocycles. The Labute approximate surface area is 163 Å². The Morgan fingerprint density at radius 2 is 1.89 bits per heavy atom. The van der Waals surface area contributed by atoms with Gasteiger partial charge < -0.3 is 9.47 Å². The summed E-state index contributed by atoms with van der Waals surface area (Å²) in [4.78, 5) is 4.57. The Morgan fingerprint density at radius 1 is 1.11 bits per heavy atom. The van der Waals surface area contributed by atoms with Crippen molar-refractivity contribution in [1.29, 1.82) is 0 Å². The van der Waals surface area contributed by atoms with Crippen LogP contribution in [0.25, 0.3) is 11.3 Å². The molecule has 0 aliphatic heterocycles. The fourth-order valence-corrected chi connectivity index (χ4v) is 3.13. The number of thiazole rings is 1. The molecule has 0 unspecified atom stereocenters. The van der Waals surface area contributed by atoms with Crippen molar-refractivity contribution in [3.8, 4) is 22.8 Å². The first kappa shape index (κ1) is 18.9. The summed E-state index contributed by atoms with van der Waals surface area (Å²) in [5.41, 5.74) is 7.17. The van der Waals surface area contributed by atoms with Gasteiger partial charge in [0.2, 0.25) is 5.13 Å². The summed E-state index contributed by atoms with van der Waals surface area (Å²) in [6.45, 7) is 6.04. The molecule has 0 amide bonds. The number of rotatable bonds is 7. The number of nitrogens with one attached hydrogen (secondary N) is 1. The van der Waals surface area contributed by atoms with Gasteiger partial charge in [-0.25, -0.2) is 4.98 Å². The highest BCUT2D eigenvalue weighted by atomic mass is 32.1. The van der Waals surface area contributed by atoms with E-state index in [-0.39, 0.29) is 6.10 Å². The van der Waals surface area contributed by atoms with E-state index in [9.17, 15) is 0 Å². The number of aryl methyl sites for hydroxylation is 1. The Bertz CT molecular complexity index is 917. The van der Waals surface area contributed by atoms with Gasteiger partial charge in [0.25, 0.3) is 0 Å². The highest BCUT2D eigenvalue weighted by molar-refractivity contribution is 7.14. The highest BCUT2D eigenvalue weighted by Crippen LogP contribution is 2.29. The number of aromatic nitrogens is 1. The molecule has 0 bridgehead atoms. The SMILES string of the molecule is COc1ccc(/C=N\Nc2nc(-c3ccc(C)cc3)cs2)cc1OC(C)C. The first-order valence-corrected chi connectivity index (χ1v) is 9.59. The van der Waals surface area contributed by atoms with Gasteiger partial charge in [0, 0.05) is 10.9 Å². The Morgan fingerprint density at radius 3 is 2.59 bits per heavy atom. The van der Waals surface area contributed by atoms with Crippen LogP contribution >= 0.6 is 11.3 Å². The van der Waals surface area contributed by atoms with E-state index in [1.165, 1.54) is 16.9 Å². The lowest BCUT2D eigenvalue weighted by Crippen LogP contribution is -2.07. The molecule has 0 atom stereocenters. The molecule has 1 aromatic heterocycles. The number of anilines is 1. The van der Waals surface area contributed by atoms with Crippen molar-refractivity contribution >= 4 is 22.7 Å². The Kier molecular flexibility index (Phi) is 6.08. The first-order chi connectivity index (χ1) is 13.0. The average molecular weight is 382 g/mol. The molecule has 140 valence electrons. The van der Waals surface area contributed by atoms with E-state index in [4.69, 9.17) is 9.47 Å². The first-order valence-electron chi connectivity index (χ1n) is 8.71. The van der Waals surface area contributed by atoms with E-state index < -0.39 is 0 Å². The summed E-state index contributed by atoms with van der Waals surface area (Å²) in [6, 6.07) is 14.0. The van der Waals surface area contributed by atoms with Crippen LogP contribution in [0.3, 0.4) is 0 Å². The van der Waals surface area contributed by atoms with Crippen molar-refractivity contribution in [1.82, 2.24) is 4.98 Å². The van der Waals surface area contributed by atoms with Gasteiger partial charge in [-0.05, 0) is 44.5 Å². The number of hydrogen-bond acceptors (Lipinski definition) is 6. The predicted molar refractivity (Wildman–Crippen MR) is 112 cm³/mol. The fourth-order valence-electron chi connectivity index (χ4n) is 2.46. The van der Waals surface area contributed by atoms with Gasteiger partial charge in [0.05, 0.1) is 25.1 Å². The highest BCUT2D eigenvalue weighted by Gasteiger charge is 2.07. The molecule has 1 heterocycles. The maximum absolute atomic E-state index is 5.78. The van der Waals surface area contributed by atoms with Crippen LogP contribution in [0.4, 0.5) is 5.13 Å². The van der Waals surface area contributed by atoms with Crippen molar-refractivity contribution in [3.63, 3.8) is 0 Å². The van der Waals surface area contributed by atoms with Crippen LogP contribution in [-0.4, -0.2) is 24.4 Å². The number of benzene rings is 2. The van der Waals surface area contributed by atoms with Crippen molar-refractivity contribution < 1.29 is 9.47 Å². The van der Waals surface area contributed by atoms with Crippen LogP contribution in [0.1, 0.15) is 25.0 Å². The molecule has 3 aromatic rings. The van der Waals surface area contributed by atoms with Gasteiger partial charge >= 0.3 is 0 Å². The molecular weight excluding hydrogens is 358 g/mol. The quantitative estimate of drug-likeness (QED) is 0.442. The van der Waals surface area contributed by atoms with Gasteiger partial charge in [0.15, 0.2) is 11.5 Å². The van der Waals surface area contributed by atoms with Gasteiger partial charge in [0.1, 0.15) is 0 Å². The minimum Gasteiger partial charge on any atom is -0.493 e. The summed E-state index contributed by atoms with van der Waals surface area (Å²) in [6.07, 6.45) is 1.80. The minimum absolute atomic E-state index is 0.0692. The molecule has 3 rings (SSSR count). The standard InChI is InChI=1S/C21H23N3O2S/c1-14(2)26-20-11-16(7-10-19(20)25-4)12-22-24-21-23-18(13-27-21)17-8-5-15(3)6-9-17/h5-14H,1-4H3,(H,23,24)/b22-12-. The minimum atomic E-state index is 0.0692. The van der Waals surface area contributed by atoms with Crippen LogP contribution in [0.15, 0.2) is 52.9 Å². The number of hydrogen-bond donors (Lipinski definition) is 1. The summed E-state index contributed by atoms with van der Waals surface area (Å²) >= 11 is 1.52. The zero-order chi connectivity index (χ0) is 19.2. The van der Waals surface area contributed by atoms with Gasteiger partial charge in [-0.15, -0.1) is 11.3 Å². The third-order valence-electron chi connectivity index (χ3n) is 3.78. The molecule has 0 saturated heterocycles. The summed E-state index contributed by atoms with van der Waals surface area (Å²) in [5.74, 6) is 1.41. The van der Waals surface area contributed by atoms with Crippen molar-refractivity contribution in [3.05, 3.63) is 59.0 Å². The van der Waals surface area contributed by atoms with Crippen molar-refractivity contribution in [2.24, 2.45) is 5.10 Å². The monoisotopic (exact) mass is 381 g/mol. The summed E-state index contributed by atoms with van der Waals surface area (Å²) in [5, 5.41) is 7.05. The second kappa shape index (κ2) is 8.68. The van der Waals surface area contributed by atoms with Gasteiger partial charge in [-0.1, -0.05) is 29.8 Å². The van der Waals surface area contributed by atoms with Crippen LogP contribution in [0.5, 0.6) is 11.5 Å². The smallest absolute Gasteiger partial charge is 0.203 e. The normalized spacial score (nSPS) is 11.1. The fraction of sp³-hybridized carbons (Fsp3) is 0.238. The zero-order valence-corrected chi connectivity index (χ0v) is 16.7. The topological polar surface area (TPSA) is 55.7 Å². The number of ether oxygens (including phenoxy) is 2. The lowest BCUT2D eigenvalue weighted by Gasteiger charge is -2.13. The van der Waals surface area contributed by atoms with E-state index >= 15 is 0 Å². The Balaban J connectivity index is 1.68. The lowest BCUT2D eigenvalue weighted by atomic mass is 10.1. The zero-order valence-electron chi connectivity index (χ0n) is 15.9. The van der Waals surface area contributed by atoms with Crippen LogP contribution in [0.2, 0.25) is 0 Å². The molecule has 0 fully saturated rings. The average Bonchev–Trinajstić information content (AvgIpc) is 3.11. The molecule has 0 spiro atoms. The lowest BCUT2D eigenvalue weighted by molar-refractivity contribution is 0.230. The van der Waals surface area contributed by atoms with E-state index in [1.807, 2.05) is 37.4 Å². The second-order valence-corrected chi connectivity index (χ2v) is 7.21. The number of methoxy groups -OCH3 is 1. The van der Waals surface area contributed by atoms with Crippen molar-refractivity contribution in [2.75, 3.05) is 12.5 Å². The number of nitrogens with zero attached hydrogens (tertiary/aromatic N) is 2. The molecular formula is C21H23N3O2S. The maximum atomic E-state index is 5.78. The van der Waals surface area contributed by atoms with Crippen molar-refractivity contribution in [2.45, 2.75) is 26.9 Å². The third kappa shape index (κ3) is 5.08. The summed E-state index contributed by atoms with van der Waals surface area (Å²) < 4.78 is 11.1. The largest absolute Gasteiger partial charge is 0.493 e. The molecule has 0 aliphatic rings. The molecule has 27 heavy (non-hydrogen) atoms. The number of hydrazone groups is 1. The molecule has 6 heteroatoms. The van der Waals surface area contributed by atoms with E-state index in [1.54, 1.807) is 13.3 Å². The van der Waals surface area contributed by atoms with E-state index in [2.05, 4.69) is 46.7 Å². The third-order valence-corrected chi connectivity index (χ3v) is 4.52. The summed E-state index contributed by atoms with van der Waals surface area (Å²) in [7, 11) is 1.63. The maximum Gasteiger partial charge on any atom is 0.203 e. The molecule has 1 N–H and O–H groups in total. The second-order valence-electron chi connectivity index (χ2n) is 6.35. The molecule has 5 nitrogen and oxygen atoms in total. The van der Waals surface area contributed by atoms with Crippen LogP contribution in [-0.2, 0) is 0 Å². The molecule has 0 saturated carbocycles. The van der Waals surface area contributed by atoms with Crippen LogP contribution in [0, 0.1) is 6.92 Å². The van der Waals surface area contributed by atoms with Crippen LogP contribution < -0.4 is 14.9 Å². The van der Waals surface area contributed by atoms with Gasteiger partial charge in [-0.3, -0.25) is 5.43 Å². The predicted octanol–water partition coefficient (Wildman–Crippen LogP) is 5.36. The molecule has 0 aliphatic carbocycles. The molecule has 0 radical (unpaired) electrons. The Hall–Kier alpha value is -2.86. The van der Waals surface area contributed by atoms with E-state index in [0.29, 0.717) is 11.5 Å². The van der Waals surface area contributed by atoms with E-state index in [0.717, 1.165) is 22.0 Å². The van der Waals surface area contributed by atoms with Gasteiger partial charge in [-0.2, -0.15) is 5.10 Å².